The number of hydrogen-bond donors (Lipinski definition) is 0. The number of carbonyl (C=O) groups excluding carboxylic acids is 3. The number of amides is 2. The second kappa shape index (κ2) is 11.7. The van der Waals surface area contributed by atoms with Gasteiger partial charge in [0, 0.05) is 42.9 Å². The Morgan fingerprint density at radius 2 is 1.44 bits per heavy atom. The highest BCUT2D eigenvalue weighted by molar-refractivity contribution is 6.38. The molecule has 0 aromatic rings. The fraction of sp³-hybridized carbons (Fsp3) is 0.889. The van der Waals surface area contributed by atoms with Crippen LogP contribution in [0.3, 0.4) is 0 Å². The van der Waals surface area contributed by atoms with E-state index >= 15 is 0 Å². The number of Topliss-reactive ketones (excluding diaryl/α,β-unsaturated/α-hetero) is 1. The predicted molar refractivity (Wildman–Crippen MR) is 130 cm³/mol. The summed E-state index contributed by atoms with van der Waals surface area (Å²) in [5.41, 5.74) is -0.668. The van der Waals surface area contributed by atoms with E-state index in [2.05, 4.69) is 34.6 Å². The van der Waals surface area contributed by atoms with Gasteiger partial charge in [-0.05, 0) is 26.7 Å². The molecular weight excluding hydrogens is 400 g/mol. The number of ketones is 1. The Hall–Kier alpha value is -1.39. The lowest BCUT2D eigenvalue weighted by atomic mass is 9.64. The van der Waals surface area contributed by atoms with Crippen LogP contribution in [-0.2, 0) is 14.4 Å². The van der Waals surface area contributed by atoms with Gasteiger partial charge in [-0.2, -0.15) is 0 Å². The summed E-state index contributed by atoms with van der Waals surface area (Å²) in [6, 6.07) is -0.0118. The summed E-state index contributed by atoms with van der Waals surface area (Å²) in [6.07, 6.45) is 14.3. The van der Waals surface area contributed by atoms with Crippen LogP contribution in [0.15, 0.2) is 0 Å². The fourth-order valence-corrected chi connectivity index (χ4v) is 5.83. The van der Waals surface area contributed by atoms with Crippen molar-refractivity contribution < 1.29 is 14.4 Å². The molecule has 0 aliphatic carbocycles. The van der Waals surface area contributed by atoms with Gasteiger partial charge >= 0.3 is 0 Å². The molecule has 0 aromatic heterocycles. The van der Waals surface area contributed by atoms with Gasteiger partial charge in [0.2, 0.25) is 11.7 Å². The molecule has 5 nitrogen and oxygen atoms in total. The van der Waals surface area contributed by atoms with Crippen molar-refractivity contribution >= 4 is 17.6 Å². The average molecular weight is 449 g/mol. The van der Waals surface area contributed by atoms with Crippen LogP contribution in [0.1, 0.15) is 119 Å². The lowest BCUT2D eigenvalue weighted by Crippen LogP contribution is -2.67. The van der Waals surface area contributed by atoms with Gasteiger partial charge in [-0.25, -0.2) is 0 Å². The topological polar surface area (TPSA) is 57.7 Å². The van der Waals surface area contributed by atoms with E-state index in [1.54, 1.807) is 6.92 Å². The Morgan fingerprint density at radius 3 is 1.97 bits per heavy atom. The molecule has 2 unspecified atom stereocenters. The van der Waals surface area contributed by atoms with Crippen LogP contribution in [0.4, 0.5) is 0 Å². The van der Waals surface area contributed by atoms with Crippen LogP contribution in [-0.4, -0.2) is 52.1 Å². The summed E-state index contributed by atoms with van der Waals surface area (Å²) in [5.74, 6) is -0.568. The second-order valence-corrected chi connectivity index (χ2v) is 11.2. The molecule has 2 rings (SSSR count). The highest BCUT2D eigenvalue weighted by atomic mass is 16.2. The number of carbonyl (C=O) groups is 3. The minimum Gasteiger partial charge on any atom is -0.337 e. The number of piperidine rings is 1. The Kier molecular flexibility index (Phi) is 9.78. The molecule has 2 fully saturated rings. The minimum absolute atomic E-state index is 0.0118. The number of likely N-dealkylation sites (tertiary alicyclic amines) is 2. The zero-order valence-electron chi connectivity index (χ0n) is 21.7. The van der Waals surface area contributed by atoms with E-state index in [-0.39, 0.29) is 40.5 Å². The molecule has 2 aliphatic rings. The standard InChI is InChI=1S/C27H48N2O3/c1-7-8-9-10-11-12-13-14-15-16-17-22-20-28(25(32)24(22)31)23-18-19-29(21(2)30)27(5,6)26(23,3)4/h22-23H,7-20H2,1-6H3. The highest BCUT2D eigenvalue weighted by Gasteiger charge is 2.55. The van der Waals surface area contributed by atoms with E-state index in [1.807, 2.05) is 9.80 Å². The molecule has 0 saturated carbocycles. The Bertz CT molecular complexity index is 655. The lowest BCUT2D eigenvalue weighted by Gasteiger charge is -2.58. The molecule has 2 saturated heterocycles. The van der Waals surface area contributed by atoms with Gasteiger partial charge in [-0.15, -0.1) is 0 Å². The van der Waals surface area contributed by atoms with Gasteiger partial charge < -0.3 is 9.80 Å². The first kappa shape index (κ1) is 26.9. The molecular formula is C27H48N2O3. The van der Waals surface area contributed by atoms with Crippen molar-refractivity contribution in [2.24, 2.45) is 11.3 Å². The zero-order chi connectivity index (χ0) is 23.9. The van der Waals surface area contributed by atoms with E-state index in [0.717, 1.165) is 25.7 Å². The molecule has 2 atom stereocenters. The first-order chi connectivity index (χ1) is 15.1. The van der Waals surface area contributed by atoms with Crippen LogP contribution in [0.2, 0.25) is 0 Å². The quantitative estimate of drug-likeness (QED) is 0.282. The number of nitrogens with zero attached hydrogens (tertiary/aromatic N) is 2. The maximum absolute atomic E-state index is 12.9. The van der Waals surface area contributed by atoms with Crippen LogP contribution >= 0.6 is 0 Å². The highest BCUT2D eigenvalue weighted by Crippen LogP contribution is 2.46. The van der Waals surface area contributed by atoms with E-state index in [4.69, 9.17) is 0 Å². The molecule has 0 spiro atoms. The molecule has 0 aromatic carbocycles. The van der Waals surface area contributed by atoms with Crippen LogP contribution in [0.25, 0.3) is 0 Å². The summed E-state index contributed by atoms with van der Waals surface area (Å²) < 4.78 is 0. The normalized spacial score (nSPS) is 24.9. The lowest BCUT2D eigenvalue weighted by molar-refractivity contribution is -0.156. The first-order valence-corrected chi connectivity index (χ1v) is 13.2. The summed E-state index contributed by atoms with van der Waals surface area (Å²) in [6.45, 7) is 13.5. The van der Waals surface area contributed by atoms with E-state index in [0.29, 0.717) is 13.1 Å². The van der Waals surface area contributed by atoms with Gasteiger partial charge in [-0.3, -0.25) is 14.4 Å². The van der Waals surface area contributed by atoms with Gasteiger partial charge in [0.25, 0.3) is 5.91 Å². The molecule has 5 heteroatoms. The van der Waals surface area contributed by atoms with Gasteiger partial charge in [0.15, 0.2) is 0 Å². The number of unbranched alkanes of at least 4 members (excludes halogenated alkanes) is 9. The van der Waals surface area contributed by atoms with Gasteiger partial charge in [0.05, 0.1) is 0 Å². The summed E-state index contributed by atoms with van der Waals surface area (Å²) in [4.78, 5) is 41.6. The van der Waals surface area contributed by atoms with Crippen molar-refractivity contribution in [3.8, 4) is 0 Å². The van der Waals surface area contributed by atoms with E-state index in [1.165, 1.54) is 51.4 Å². The zero-order valence-corrected chi connectivity index (χ0v) is 21.7. The number of rotatable bonds is 12. The SMILES string of the molecule is CCCCCCCCCCCCC1CN(C2CCN(C(C)=O)C(C)(C)C2(C)C)C(=O)C1=O. The van der Waals surface area contributed by atoms with Crippen molar-refractivity contribution in [1.29, 1.82) is 0 Å². The summed E-state index contributed by atoms with van der Waals surface area (Å²) in [5, 5.41) is 0. The first-order valence-electron chi connectivity index (χ1n) is 13.2. The van der Waals surface area contributed by atoms with Crippen molar-refractivity contribution in [3.05, 3.63) is 0 Å². The van der Waals surface area contributed by atoms with Crippen molar-refractivity contribution in [2.45, 2.75) is 130 Å². The van der Waals surface area contributed by atoms with Gasteiger partial charge in [0.1, 0.15) is 0 Å². The molecule has 0 radical (unpaired) electrons. The molecule has 0 N–H and O–H groups in total. The van der Waals surface area contributed by atoms with E-state index < -0.39 is 0 Å². The molecule has 2 amide bonds. The van der Waals surface area contributed by atoms with Crippen LogP contribution < -0.4 is 0 Å². The van der Waals surface area contributed by atoms with E-state index in [9.17, 15) is 14.4 Å². The monoisotopic (exact) mass is 448 g/mol. The third-order valence-corrected chi connectivity index (χ3v) is 8.63. The molecule has 2 aliphatic heterocycles. The third-order valence-electron chi connectivity index (χ3n) is 8.63. The molecule has 0 bridgehead atoms. The second-order valence-electron chi connectivity index (χ2n) is 11.2. The molecule has 2 heterocycles. The molecule has 184 valence electrons. The Morgan fingerprint density at radius 1 is 0.906 bits per heavy atom. The predicted octanol–water partition coefficient (Wildman–Crippen LogP) is 5.75. The maximum atomic E-state index is 12.9. The smallest absolute Gasteiger partial charge is 0.290 e. The Balaban J connectivity index is 1.81. The van der Waals surface area contributed by atoms with Crippen molar-refractivity contribution in [3.63, 3.8) is 0 Å². The minimum atomic E-state index is -0.375. The van der Waals surface area contributed by atoms with Crippen molar-refractivity contribution in [1.82, 2.24) is 9.80 Å². The van der Waals surface area contributed by atoms with Crippen LogP contribution in [0.5, 0.6) is 0 Å². The van der Waals surface area contributed by atoms with Crippen LogP contribution in [0, 0.1) is 11.3 Å². The third kappa shape index (κ3) is 5.94. The summed E-state index contributed by atoms with van der Waals surface area (Å²) in [7, 11) is 0. The fourth-order valence-electron chi connectivity index (χ4n) is 5.83. The average Bonchev–Trinajstić information content (AvgIpc) is 2.99. The van der Waals surface area contributed by atoms with Gasteiger partial charge in [-0.1, -0.05) is 85.0 Å². The summed E-state index contributed by atoms with van der Waals surface area (Å²) >= 11 is 0. The molecule has 32 heavy (non-hydrogen) atoms. The van der Waals surface area contributed by atoms with Crippen molar-refractivity contribution in [2.75, 3.05) is 13.1 Å². The Labute approximate surface area is 196 Å². The number of hydrogen-bond acceptors (Lipinski definition) is 3. The maximum Gasteiger partial charge on any atom is 0.290 e. The largest absolute Gasteiger partial charge is 0.337 e.